The molecule has 4 heavy (non-hydrogen) atoms. The van der Waals surface area contributed by atoms with Crippen LogP contribution in [0.1, 0.15) is 6.92 Å². The Morgan fingerprint density at radius 2 is 1.75 bits per heavy atom. The van der Waals surface area contributed by atoms with Gasteiger partial charge in [0, 0.05) is 0 Å². The van der Waals surface area contributed by atoms with Crippen LogP contribution in [0.4, 0.5) is 0 Å². The number of carbonyl (C=O) groups excluding carboxylic acids is 1. The normalized spacial score (nSPS) is 3.25. The summed E-state index contributed by atoms with van der Waals surface area (Å²) in [5.41, 5.74) is 0. The average Bonchev–Trinajstić information content (AvgIpc) is 0.918. The minimum Gasteiger partial charge on any atom is -0.304 e. The molecule has 0 unspecified atom stereocenters. The highest BCUT2D eigenvalue weighted by Gasteiger charge is 1.24. The summed E-state index contributed by atoms with van der Waals surface area (Å²) in [7, 11) is 0. The molecule has 1 nitrogen and oxygen atoms in total. The predicted octanol–water partition coefficient (Wildman–Crippen LogP) is 0.627. The van der Waals surface area contributed by atoms with Crippen LogP contribution in [-0.4, -0.2) is 6.29 Å². The highest BCUT2D eigenvalue weighted by molar-refractivity contribution is 5.85. The van der Waals surface area contributed by atoms with Crippen LogP contribution in [-0.2, 0) is 4.79 Å². The number of rotatable bonds is 0. The zero-order valence-corrected chi connectivity index (χ0v) is 3.21. The molecule has 0 aliphatic carbocycles. The monoisotopic (exact) mass is 80.0 g/mol. The van der Waals surface area contributed by atoms with E-state index >= 15 is 0 Å². The Bertz CT molecular complexity index is 13.5. The Morgan fingerprint density at radius 1 is 1.75 bits per heavy atom. The van der Waals surface area contributed by atoms with Crippen molar-refractivity contribution in [2.45, 2.75) is 6.92 Å². The van der Waals surface area contributed by atoms with E-state index in [-0.39, 0.29) is 12.4 Å². The van der Waals surface area contributed by atoms with E-state index in [2.05, 4.69) is 0 Å². The molecule has 0 aliphatic heterocycles. The maximum atomic E-state index is 8.81. The van der Waals surface area contributed by atoms with Crippen molar-refractivity contribution in [2.24, 2.45) is 0 Å². The minimum absolute atomic E-state index is 0. The summed E-state index contributed by atoms with van der Waals surface area (Å²) in [6.45, 7) is 1.44. The third kappa shape index (κ3) is 1130. The molecule has 0 radical (unpaired) electrons. The van der Waals surface area contributed by atoms with E-state index in [1.165, 1.54) is 6.92 Å². The second-order valence-electron chi connectivity index (χ2n) is 0.236. The molecule has 26 valence electrons. The highest BCUT2D eigenvalue weighted by atomic mass is 35.5. The Morgan fingerprint density at radius 3 is 1.75 bits per heavy atom. The fourth-order valence-electron chi connectivity index (χ4n) is 0. The molecule has 0 rings (SSSR count). The van der Waals surface area contributed by atoms with Gasteiger partial charge in [-0.2, -0.15) is 0 Å². The molecule has 0 N–H and O–H groups in total. The van der Waals surface area contributed by atoms with Gasteiger partial charge in [-0.3, -0.25) is 0 Å². The van der Waals surface area contributed by atoms with Crippen LogP contribution >= 0.6 is 12.4 Å². The van der Waals surface area contributed by atoms with Gasteiger partial charge in [0.05, 0.1) is 0 Å². The molecule has 0 atom stereocenters. The van der Waals surface area contributed by atoms with Gasteiger partial charge in [0.25, 0.3) is 0 Å². The summed E-state index contributed by atoms with van der Waals surface area (Å²) in [6.07, 6.45) is 0.750. The third-order valence-electron chi connectivity index (χ3n) is 0. The molecule has 0 aliphatic rings. The second-order valence-corrected chi connectivity index (χ2v) is 0.236. The average molecular weight is 80.5 g/mol. The van der Waals surface area contributed by atoms with Crippen LogP contribution in [0, 0.1) is 0 Å². The van der Waals surface area contributed by atoms with Crippen molar-refractivity contribution in [1.82, 2.24) is 0 Å². The molecule has 0 spiro atoms. The van der Waals surface area contributed by atoms with Gasteiger partial charge in [-0.25, -0.2) is 0 Å². The van der Waals surface area contributed by atoms with Gasteiger partial charge in [0.1, 0.15) is 6.29 Å². The first-order valence-electron chi connectivity index (χ1n) is 0.813. The summed E-state index contributed by atoms with van der Waals surface area (Å²) in [5, 5.41) is 0. The van der Waals surface area contributed by atoms with E-state index in [9.17, 15) is 0 Å². The molecule has 0 aromatic rings. The Balaban J connectivity index is 0. The maximum absolute atomic E-state index is 8.81. The predicted molar refractivity (Wildman–Crippen MR) is 19.0 cm³/mol. The number of hydrogen-bond acceptors (Lipinski definition) is 1. The van der Waals surface area contributed by atoms with Gasteiger partial charge in [-0.1, -0.05) is 0 Å². The van der Waals surface area contributed by atoms with Gasteiger partial charge in [-0.15, -0.1) is 12.4 Å². The van der Waals surface area contributed by atoms with Gasteiger partial charge < -0.3 is 4.79 Å². The van der Waals surface area contributed by atoms with Gasteiger partial charge >= 0.3 is 0 Å². The lowest BCUT2D eigenvalue weighted by Crippen LogP contribution is -1.36. The molecular weight excluding hydrogens is 75.5 g/mol. The van der Waals surface area contributed by atoms with E-state index in [1.54, 1.807) is 0 Å². The SMILES string of the molecule is CC=O.Cl. The second kappa shape index (κ2) is 12.3. The third-order valence-corrected chi connectivity index (χ3v) is 0. The quantitative estimate of drug-likeness (QED) is 0.390. The number of halogens is 1. The summed E-state index contributed by atoms with van der Waals surface area (Å²) in [4.78, 5) is 8.81. The topological polar surface area (TPSA) is 17.1 Å². The van der Waals surface area contributed by atoms with Crippen molar-refractivity contribution in [1.29, 1.82) is 0 Å². The molecule has 2 heteroatoms. The van der Waals surface area contributed by atoms with Crippen molar-refractivity contribution in [3.63, 3.8) is 0 Å². The van der Waals surface area contributed by atoms with E-state index in [0.29, 0.717) is 0 Å². The zero-order chi connectivity index (χ0) is 2.71. The smallest absolute Gasteiger partial charge is 0.116 e. The molecule has 0 heterocycles. The van der Waals surface area contributed by atoms with Crippen LogP contribution in [0.15, 0.2) is 0 Å². The van der Waals surface area contributed by atoms with E-state index < -0.39 is 0 Å². The Labute approximate surface area is 31.4 Å². The van der Waals surface area contributed by atoms with Crippen molar-refractivity contribution in [2.75, 3.05) is 0 Å². The number of hydrogen-bond donors (Lipinski definition) is 0. The lowest BCUT2D eigenvalue weighted by atomic mass is 11.0. The van der Waals surface area contributed by atoms with E-state index in [4.69, 9.17) is 4.79 Å². The molecular formula is C2H5ClO. The fraction of sp³-hybridized carbons (Fsp3) is 0.500. The van der Waals surface area contributed by atoms with Crippen molar-refractivity contribution in [3.05, 3.63) is 0 Å². The molecule has 0 bridgehead atoms. The summed E-state index contributed by atoms with van der Waals surface area (Å²) in [5.74, 6) is 0. The van der Waals surface area contributed by atoms with Crippen LogP contribution in [0.5, 0.6) is 0 Å². The van der Waals surface area contributed by atoms with Crippen LogP contribution < -0.4 is 0 Å². The Hall–Kier alpha value is -0.0400. The van der Waals surface area contributed by atoms with Crippen LogP contribution in [0.25, 0.3) is 0 Å². The van der Waals surface area contributed by atoms with Gasteiger partial charge in [0.2, 0.25) is 0 Å². The van der Waals surface area contributed by atoms with Crippen LogP contribution in [0.2, 0.25) is 0 Å². The van der Waals surface area contributed by atoms with Crippen LogP contribution in [0.3, 0.4) is 0 Å². The molecule has 0 aromatic carbocycles. The maximum Gasteiger partial charge on any atom is 0.116 e. The highest BCUT2D eigenvalue weighted by Crippen LogP contribution is 1.13. The molecule has 0 saturated carbocycles. The van der Waals surface area contributed by atoms with E-state index in [1.807, 2.05) is 0 Å². The molecule has 0 saturated heterocycles. The lowest BCUT2D eigenvalue weighted by Gasteiger charge is -1.23. The van der Waals surface area contributed by atoms with Crippen molar-refractivity contribution < 1.29 is 4.79 Å². The molecule has 0 fully saturated rings. The first-order chi connectivity index (χ1) is 1.41. The number of carbonyl (C=O) groups is 1. The fourth-order valence-corrected chi connectivity index (χ4v) is 0. The summed E-state index contributed by atoms with van der Waals surface area (Å²) < 4.78 is 0. The molecule has 0 amide bonds. The Kier molecular flexibility index (Phi) is 27.9. The van der Waals surface area contributed by atoms with Crippen molar-refractivity contribution >= 4 is 18.7 Å². The zero-order valence-electron chi connectivity index (χ0n) is 2.39. The standard InChI is InChI=1S/C2H4O.ClH/c1-2-3;/h2H,1H3;1H. The first-order valence-corrected chi connectivity index (χ1v) is 0.813. The van der Waals surface area contributed by atoms with Crippen molar-refractivity contribution in [3.8, 4) is 0 Å². The van der Waals surface area contributed by atoms with Gasteiger partial charge in [0.15, 0.2) is 0 Å². The largest absolute Gasteiger partial charge is 0.304 e. The number of aldehydes is 1. The minimum atomic E-state index is 0. The molecule has 0 aromatic heterocycles. The lowest BCUT2D eigenvalue weighted by molar-refractivity contribution is -0.106. The summed E-state index contributed by atoms with van der Waals surface area (Å²) >= 11 is 0. The van der Waals surface area contributed by atoms with Gasteiger partial charge in [-0.05, 0) is 6.92 Å². The van der Waals surface area contributed by atoms with E-state index in [0.717, 1.165) is 6.29 Å². The first kappa shape index (κ1) is 9.03. The summed E-state index contributed by atoms with van der Waals surface area (Å²) in [6, 6.07) is 0.